The molecule has 0 N–H and O–H groups in total. The predicted molar refractivity (Wildman–Crippen MR) is 138 cm³/mol. The van der Waals surface area contributed by atoms with E-state index in [4.69, 9.17) is 14.2 Å². The molecule has 38 heavy (non-hydrogen) atoms. The van der Waals surface area contributed by atoms with E-state index < -0.39 is 24.7 Å². The van der Waals surface area contributed by atoms with Crippen molar-refractivity contribution in [2.75, 3.05) is 19.8 Å². The van der Waals surface area contributed by atoms with Crippen LogP contribution in [0, 0.1) is 0 Å². The van der Waals surface area contributed by atoms with Crippen molar-refractivity contribution in [2.24, 2.45) is 0 Å². The summed E-state index contributed by atoms with van der Waals surface area (Å²) in [6, 6.07) is 12.7. The Balaban J connectivity index is 1.69. The van der Waals surface area contributed by atoms with Gasteiger partial charge in [-0.25, -0.2) is 9.59 Å². The topological polar surface area (TPSA) is 71.1 Å². The largest absolute Gasteiger partial charge is 0.494 e. The molecule has 210 valence electrons. The van der Waals surface area contributed by atoms with Gasteiger partial charge in [0, 0.05) is 6.61 Å². The number of unbranched alkanes of at least 4 members (excludes halogenated alkanes) is 5. The summed E-state index contributed by atoms with van der Waals surface area (Å²) >= 11 is 0. The predicted octanol–water partition coefficient (Wildman–Crippen LogP) is 7.55. The van der Waals surface area contributed by atoms with E-state index in [9.17, 15) is 22.8 Å². The van der Waals surface area contributed by atoms with Gasteiger partial charge < -0.3 is 18.9 Å². The van der Waals surface area contributed by atoms with Gasteiger partial charge >= 0.3 is 18.1 Å². The minimum Gasteiger partial charge on any atom is -0.494 e. The Morgan fingerprint density at radius 1 is 0.763 bits per heavy atom. The highest BCUT2D eigenvalue weighted by molar-refractivity contribution is 5.92. The molecule has 2 aromatic rings. The minimum absolute atomic E-state index is 0.0571. The van der Waals surface area contributed by atoms with Crippen LogP contribution in [0.25, 0.3) is 0 Å². The standard InChI is InChI=1S/C29H37F3O6/c1-3-4-5-7-10-22(2)37-27(33)23-13-17-26(18-14-23)38-28(34)24-11-15-25(16-12-24)36-20-9-6-8-19-35-21-29(30,31)32/h11-18,22H,3-10,19-21H2,1-2H3. The van der Waals surface area contributed by atoms with E-state index in [1.54, 1.807) is 48.5 Å². The van der Waals surface area contributed by atoms with Crippen molar-refractivity contribution in [1.82, 2.24) is 0 Å². The number of rotatable bonds is 17. The van der Waals surface area contributed by atoms with Crippen LogP contribution in [-0.4, -0.2) is 44.0 Å². The van der Waals surface area contributed by atoms with Gasteiger partial charge in [-0.3, -0.25) is 0 Å². The summed E-state index contributed by atoms with van der Waals surface area (Å²) in [5, 5.41) is 0. The number of hydrogen-bond acceptors (Lipinski definition) is 6. The zero-order valence-corrected chi connectivity index (χ0v) is 22.1. The Morgan fingerprint density at radius 3 is 1.97 bits per heavy atom. The van der Waals surface area contributed by atoms with Crippen LogP contribution in [0.2, 0.25) is 0 Å². The number of esters is 2. The van der Waals surface area contributed by atoms with Crippen molar-refractivity contribution >= 4 is 11.9 Å². The van der Waals surface area contributed by atoms with Crippen LogP contribution in [0.4, 0.5) is 13.2 Å². The molecule has 1 unspecified atom stereocenters. The van der Waals surface area contributed by atoms with E-state index in [1.807, 2.05) is 6.92 Å². The van der Waals surface area contributed by atoms with Crippen LogP contribution in [-0.2, 0) is 9.47 Å². The minimum atomic E-state index is -4.30. The lowest BCUT2D eigenvalue weighted by Gasteiger charge is -2.13. The molecule has 0 amide bonds. The van der Waals surface area contributed by atoms with Crippen LogP contribution >= 0.6 is 0 Å². The molecule has 0 fully saturated rings. The molecule has 1 atom stereocenters. The highest BCUT2D eigenvalue weighted by Crippen LogP contribution is 2.19. The number of carbonyl (C=O) groups is 2. The molecule has 0 aliphatic carbocycles. The zero-order chi connectivity index (χ0) is 27.8. The zero-order valence-electron chi connectivity index (χ0n) is 22.1. The van der Waals surface area contributed by atoms with Crippen molar-refractivity contribution in [3.8, 4) is 11.5 Å². The highest BCUT2D eigenvalue weighted by Gasteiger charge is 2.27. The molecular weight excluding hydrogens is 501 g/mol. The maximum atomic E-state index is 12.4. The number of carbonyl (C=O) groups excluding carboxylic acids is 2. The Hall–Kier alpha value is -3.07. The molecule has 0 aliphatic rings. The fourth-order valence-electron chi connectivity index (χ4n) is 3.54. The Kier molecular flexibility index (Phi) is 13.7. The van der Waals surface area contributed by atoms with E-state index in [0.29, 0.717) is 48.5 Å². The molecule has 0 bridgehead atoms. The number of ether oxygens (including phenoxy) is 4. The van der Waals surface area contributed by atoms with Crippen molar-refractivity contribution < 1.29 is 41.7 Å². The lowest BCUT2D eigenvalue weighted by atomic mass is 10.1. The van der Waals surface area contributed by atoms with Gasteiger partial charge in [0.15, 0.2) is 0 Å². The maximum absolute atomic E-state index is 12.4. The highest BCUT2D eigenvalue weighted by atomic mass is 19.4. The Bertz CT molecular complexity index is 958. The molecule has 0 aliphatic heterocycles. The van der Waals surface area contributed by atoms with Gasteiger partial charge in [-0.15, -0.1) is 0 Å². The first-order chi connectivity index (χ1) is 18.2. The van der Waals surface area contributed by atoms with Crippen LogP contribution in [0.1, 0.15) is 85.9 Å². The number of halogens is 3. The summed E-state index contributed by atoms with van der Waals surface area (Å²) in [5.41, 5.74) is 0.722. The first-order valence-electron chi connectivity index (χ1n) is 13.1. The average Bonchev–Trinajstić information content (AvgIpc) is 2.88. The van der Waals surface area contributed by atoms with E-state index in [0.717, 1.165) is 25.7 Å². The number of alkyl halides is 3. The van der Waals surface area contributed by atoms with Gasteiger partial charge in [0.05, 0.1) is 23.8 Å². The molecular formula is C29H37F3O6. The van der Waals surface area contributed by atoms with E-state index in [-0.39, 0.29) is 12.7 Å². The van der Waals surface area contributed by atoms with Gasteiger partial charge in [0.25, 0.3) is 0 Å². The van der Waals surface area contributed by atoms with Crippen molar-refractivity contribution in [1.29, 1.82) is 0 Å². The molecule has 6 nitrogen and oxygen atoms in total. The third kappa shape index (κ3) is 12.9. The second kappa shape index (κ2) is 16.7. The average molecular weight is 539 g/mol. The second-order valence-corrected chi connectivity index (χ2v) is 9.08. The van der Waals surface area contributed by atoms with Gasteiger partial charge in [-0.1, -0.05) is 26.2 Å². The number of hydrogen-bond donors (Lipinski definition) is 0. The first-order valence-corrected chi connectivity index (χ1v) is 13.1. The maximum Gasteiger partial charge on any atom is 0.411 e. The number of benzene rings is 2. The molecule has 9 heteroatoms. The fraction of sp³-hybridized carbons (Fsp3) is 0.517. The SMILES string of the molecule is CCCCCCC(C)OC(=O)c1ccc(OC(=O)c2ccc(OCCCCCOCC(F)(F)F)cc2)cc1. The molecule has 0 radical (unpaired) electrons. The smallest absolute Gasteiger partial charge is 0.411 e. The summed E-state index contributed by atoms with van der Waals surface area (Å²) in [5.74, 6) is -0.0845. The summed E-state index contributed by atoms with van der Waals surface area (Å²) in [7, 11) is 0. The quantitative estimate of drug-likeness (QED) is 0.118. The molecule has 2 rings (SSSR count). The van der Waals surface area contributed by atoms with Crippen LogP contribution in [0.5, 0.6) is 11.5 Å². The molecule has 0 heterocycles. The van der Waals surface area contributed by atoms with Crippen molar-refractivity contribution in [2.45, 2.75) is 77.5 Å². The Labute approximate surface area is 222 Å². The Morgan fingerprint density at radius 2 is 1.34 bits per heavy atom. The van der Waals surface area contributed by atoms with Crippen LogP contribution < -0.4 is 9.47 Å². The first kappa shape index (κ1) is 31.1. The summed E-state index contributed by atoms with van der Waals surface area (Å²) < 4.78 is 57.0. The van der Waals surface area contributed by atoms with Gasteiger partial charge in [0.1, 0.15) is 18.1 Å². The van der Waals surface area contributed by atoms with Gasteiger partial charge in [-0.2, -0.15) is 13.2 Å². The molecule has 2 aromatic carbocycles. The molecule has 0 aromatic heterocycles. The monoisotopic (exact) mass is 538 g/mol. The van der Waals surface area contributed by atoms with Crippen LogP contribution in [0.3, 0.4) is 0 Å². The normalized spacial score (nSPS) is 12.1. The van der Waals surface area contributed by atoms with E-state index in [1.165, 1.54) is 6.42 Å². The van der Waals surface area contributed by atoms with Gasteiger partial charge in [0.2, 0.25) is 0 Å². The summed E-state index contributed by atoms with van der Waals surface area (Å²) in [4.78, 5) is 24.8. The third-order valence-corrected chi connectivity index (χ3v) is 5.63. The lowest BCUT2D eigenvalue weighted by Crippen LogP contribution is -2.17. The van der Waals surface area contributed by atoms with E-state index in [2.05, 4.69) is 11.7 Å². The summed E-state index contributed by atoms with van der Waals surface area (Å²) in [6.07, 6.45) is 2.72. The van der Waals surface area contributed by atoms with Gasteiger partial charge in [-0.05, 0) is 87.6 Å². The lowest BCUT2D eigenvalue weighted by molar-refractivity contribution is -0.174. The van der Waals surface area contributed by atoms with Crippen molar-refractivity contribution in [3.63, 3.8) is 0 Å². The van der Waals surface area contributed by atoms with Crippen LogP contribution in [0.15, 0.2) is 48.5 Å². The third-order valence-electron chi connectivity index (χ3n) is 5.63. The molecule has 0 saturated heterocycles. The summed E-state index contributed by atoms with van der Waals surface area (Å²) in [6.45, 7) is 3.27. The van der Waals surface area contributed by atoms with Crippen molar-refractivity contribution in [3.05, 3.63) is 59.7 Å². The second-order valence-electron chi connectivity index (χ2n) is 9.08. The molecule has 0 spiro atoms. The fourth-order valence-corrected chi connectivity index (χ4v) is 3.54. The molecule has 0 saturated carbocycles. The van der Waals surface area contributed by atoms with E-state index >= 15 is 0 Å².